The van der Waals surface area contributed by atoms with Crippen molar-refractivity contribution in [2.75, 3.05) is 123 Å². The Kier molecular flexibility index (Phi) is 28.5. The van der Waals surface area contributed by atoms with Gasteiger partial charge in [0.2, 0.25) is 20.1 Å². The second kappa shape index (κ2) is 43.0. The highest BCUT2D eigenvalue weighted by atomic mass is 32.2. The van der Waals surface area contributed by atoms with Gasteiger partial charge in [-0.2, -0.15) is 0 Å². The molecule has 6 fully saturated rings. The number of para-hydroxylation sites is 6. The SMILES string of the molecule is CC(C)C1CCN(c2ccc3c(c2)Sc2cc(N(c4ccccc4)c4ccccc4)cc4c2B3c2ccc(N3CCC(C(C)C)CC3)cc2S4)CC1.CC1CC(C)CN(c2ccc3c(c2)Sc2cc(N(c4ccccc4)c4ccccc4)cc4c2B3c2ccc(N3CC(C)CC(C)C3)cc2S4)C1.CC1CCN(c2ccc3c(c2)Sc2cc(N(c4ccccc4)c4ccccc4)cc4c2B3c2ccc(N3CCC(C)CC3)cc2S4)CC1. The highest BCUT2D eigenvalue weighted by Crippen LogP contribution is 2.52. The first-order valence-corrected chi connectivity index (χ1v) is 60.9. The summed E-state index contributed by atoms with van der Waals surface area (Å²) in [5.41, 5.74) is 32.2. The number of rotatable bonds is 17. The van der Waals surface area contributed by atoms with E-state index in [4.69, 9.17) is 0 Å². The quantitative estimate of drug-likeness (QED) is 0.0810. The average Bonchev–Trinajstić information content (AvgIpc) is 0.722. The molecule has 0 aliphatic carbocycles. The van der Waals surface area contributed by atoms with Crippen LogP contribution >= 0.6 is 70.6 Å². The molecule has 150 heavy (non-hydrogen) atoms. The van der Waals surface area contributed by atoms with Gasteiger partial charge in [-0.25, -0.2) is 0 Å². The van der Waals surface area contributed by atoms with Crippen LogP contribution in [0.25, 0.3) is 0 Å². The Labute approximate surface area is 919 Å². The van der Waals surface area contributed by atoms with E-state index in [0.29, 0.717) is 0 Å². The van der Waals surface area contributed by atoms with Gasteiger partial charge < -0.3 is 44.1 Å². The Hall–Kier alpha value is -11.2. The van der Waals surface area contributed by atoms with Crippen LogP contribution in [0.3, 0.4) is 0 Å². The van der Waals surface area contributed by atoms with E-state index in [1.54, 1.807) is 0 Å². The highest BCUT2D eigenvalue weighted by Gasteiger charge is 2.45. The second-order valence-electron chi connectivity index (χ2n) is 46.0. The van der Waals surface area contributed by atoms with Crippen molar-refractivity contribution in [3.63, 3.8) is 0 Å². The molecule has 12 heterocycles. The maximum atomic E-state index is 2.64. The summed E-state index contributed by atoms with van der Waals surface area (Å²) in [7, 11) is 0. The van der Waals surface area contributed by atoms with Gasteiger partial charge >= 0.3 is 0 Å². The van der Waals surface area contributed by atoms with Crippen molar-refractivity contribution in [1.29, 1.82) is 0 Å². The molecule has 4 unspecified atom stereocenters. The van der Waals surface area contributed by atoms with E-state index in [-0.39, 0.29) is 20.1 Å². The minimum absolute atomic E-state index is 0.227. The Morgan fingerprint density at radius 2 is 0.393 bits per heavy atom. The fourth-order valence-electron chi connectivity index (χ4n) is 26.7. The molecular weight excluding hydrogens is 1940 g/mol. The molecule has 0 N–H and O–H groups in total. The first kappa shape index (κ1) is 99.4. The normalized spacial score (nSPS) is 19.1. The van der Waals surface area contributed by atoms with Crippen molar-refractivity contribution in [3.05, 3.63) is 328 Å². The van der Waals surface area contributed by atoms with Crippen molar-refractivity contribution in [3.8, 4) is 0 Å². The van der Waals surface area contributed by atoms with Crippen LogP contribution in [0.5, 0.6) is 0 Å². The van der Waals surface area contributed by atoms with E-state index in [2.05, 4.69) is 441 Å². The first-order chi connectivity index (χ1) is 73.4. The summed E-state index contributed by atoms with van der Waals surface area (Å²) in [4.78, 5) is 39.8. The molecule has 18 heteroatoms. The number of piperidine rings is 6. The van der Waals surface area contributed by atoms with E-state index in [9.17, 15) is 0 Å². The van der Waals surface area contributed by atoms with Crippen molar-refractivity contribution in [2.45, 2.75) is 192 Å². The summed E-state index contributed by atoms with van der Waals surface area (Å²) < 4.78 is 0. The molecule has 4 atom stereocenters. The monoisotopic (exact) mass is 2070 g/mol. The molecule has 9 nitrogen and oxygen atoms in total. The highest BCUT2D eigenvalue weighted by molar-refractivity contribution is 8.02. The molecule has 15 aromatic carbocycles. The molecule has 0 amide bonds. The predicted molar refractivity (Wildman–Crippen MR) is 652 cm³/mol. The largest absolute Gasteiger partial charge is 0.371 e. The fraction of sp³-hybridized carbons (Fsp3) is 0.318. The Morgan fingerprint density at radius 1 is 0.207 bits per heavy atom. The predicted octanol–water partition coefficient (Wildman–Crippen LogP) is 29.0. The number of nitrogens with zero attached hydrogens (tertiary/aromatic N) is 9. The van der Waals surface area contributed by atoms with Crippen LogP contribution in [0, 0.1) is 59.2 Å². The minimum atomic E-state index is 0.227. The lowest BCUT2D eigenvalue weighted by molar-refractivity contribution is 0.311. The standard InChI is InChI=1S/C46H50BN3S2.C44H46BN3S2.C42H42BN3S2/c1-31(2)33-19-23-48(24-20-33)37-15-17-40-42(27-37)51-44-29-39(50(35-11-7-5-8-12-35)36-13-9-6-10-14-36)30-45-46(44)47(40)41-18-16-38(28-43(41)52-45)49-25-21-34(22-26-49)32(3)4;1-29-19-30(2)26-46(25-29)35-15-17-38-40(21-35)49-42-23-37(48(33-11-7-5-8-12-33)34-13-9-6-10-14-34)24-43-44(42)45(38)39-18-16-36(22-41(39)50-43)47-27-31(3)20-32(4)28-47;1-29-17-21-44(22-18-29)33-13-15-36-38(25-33)47-40-27-35(46(31-9-5-3-6-10-31)32-11-7-4-8-12-32)28-41-42(40)43(36)37-16-14-34(26-39(37)48-41)45-23-19-30(2)20-24-45/h5-18,27-34H,19-26H2,1-4H3;5-18,21-24,29-32H,19-20,25-28H2,1-4H3;3-16,25-30H,17-24H2,1-2H3. The second-order valence-corrected chi connectivity index (χ2v) is 52.5. The number of hydrogen-bond acceptors (Lipinski definition) is 15. The number of fused-ring (bicyclic) bond motifs is 12. The molecule has 0 radical (unpaired) electrons. The van der Waals surface area contributed by atoms with Crippen LogP contribution in [0.15, 0.2) is 386 Å². The number of hydrogen-bond donors (Lipinski definition) is 0. The Morgan fingerprint density at radius 3 is 0.587 bits per heavy atom. The fourth-order valence-corrected chi connectivity index (χ4v) is 34.3. The van der Waals surface area contributed by atoms with E-state index in [1.807, 2.05) is 70.6 Å². The summed E-state index contributed by atoms with van der Waals surface area (Å²) in [6, 6.07) is 124. The lowest BCUT2D eigenvalue weighted by Gasteiger charge is -2.39. The van der Waals surface area contributed by atoms with Gasteiger partial charge in [0, 0.05) is 223 Å². The number of benzene rings is 15. The minimum Gasteiger partial charge on any atom is -0.371 e. The van der Waals surface area contributed by atoms with Crippen LogP contribution in [0.1, 0.15) is 133 Å². The third-order valence-electron chi connectivity index (χ3n) is 34.6. The van der Waals surface area contributed by atoms with E-state index in [1.165, 1.54) is 257 Å². The maximum Gasteiger partial charge on any atom is 0.247 e. The molecule has 12 aliphatic heterocycles. The molecule has 0 aromatic heterocycles. The molecule has 756 valence electrons. The van der Waals surface area contributed by atoms with E-state index in [0.717, 1.165) is 138 Å². The van der Waals surface area contributed by atoms with Gasteiger partial charge in [-0.05, 0) is 322 Å². The van der Waals surface area contributed by atoms with Crippen LogP contribution in [0.2, 0.25) is 0 Å². The summed E-state index contributed by atoms with van der Waals surface area (Å²) in [6.07, 6.45) is 12.9. The van der Waals surface area contributed by atoms with Crippen LogP contribution < -0.4 is 93.3 Å². The molecule has 0 bridgehead atoms. The first-order valence-electron chi connectivity index (χ1n) is 56.0. The molecule has 27 rings (SSSR count). The van der Waals surface area contributed by atoms with Gasteiger partial charge in [0.05, 0.1) is 0 Å². The zero-order chi connectivity index (χ0) is 101. The van der Waals surface area contributed by atoms with Gasteiger partial charge in [0.25, 0.3) is 0 Å². The molecule has 0 spiro atoms. The van der Waals surface area contributed by atoms with Gasteiger partial charge in [-0.15, -0.1) is 0 Å². The van der Waals surface area contributed by atoms with Crippen molar-refractivity contribution >= 4 is 225 Å². The van der Waals surface area contributed by atoms with Crippen molar-refractivity contribution in [1.82, 2.24) is 0 Å². The van der Waals surface area contributed by atoms with Gasteiger partial charge in [0.1, 0.15) is 0 Å². The summed E-state index contributed by atoms with van der Waals surface area (Å²) in [5.74, 6) is 7.74. The van der Waals surface area contributed by atoms with Crippen molar-refractivity contribution in [2.24, 2.45) is 59.2 Å². The zero-order valence-electron chi connectivity index (χ0n) is 88.7. The smallest absolute Gasteiger partial charge is 0.247 e. The molecule has 15 aromatic rings. The molecule has 12 aliphatic rings. The van der Waals surface area contributed by atoms with E-state index < -0.39 is 0 Å². The molecule has 0 saturated carbocycles. The molecule has 6 saturated heterocycles. The van der Waals surface area contributed by atoms with Gasteiger partial charge in [-0.1, -0.05) is 318 Å². The number of anilines is 15. The lowest BCUT2D eigenvalue weighted by Crippen LogP contribution is -2.58. The third kappa shape index (κ3) is 20.0. The summed E-state index contributed by atoms with van der Waals surface area (Å²) in [5, 5.41) is 0. The summed E-state index contributed by atoms with van der Waals surface area (Å²) >= 11 is 11.9. The third-order valence-corrected chi connectivity index (χ3v) is 41.4. The van der Waals surface area contributed by atoms with Gasteiger partial charge in [0.15, 0.2) is 0 Å². The zero-order valence-corrected chi connectivity index (χ0v) is 93.6. The van der Waals surface area contributed by atoms with E-state index >= 15 is 0 Å². The molecular formula is C132H138B3N9S6. The van der Waals surface area contributed by atoms with Crippen LogP contribution in [0.4, 0.5) is 85.3 Å². The maximum absolute atomic E-state index is 2.64. The summed E-state index contributed by atoms with van der Waals surface area (Å²) in [6.45, 7) is 38.5. The average molecular weight is 2080 g/mol. The van der Waals surface area contributed by atoms with Gasteiger partial charge in [-0.3, -0.25) is 0 Å². The Balaban J connectivity index is 0.000000117. The lowest BCUT2D eigenvalue weighted by atomic mass is 9.36. The van der Waals surface area contributed by atoms with Crippen LogP contribution in [-0.2, 0) is 0 Å². The van der Waals surface area contributed by atoms with Crippen LogP contribution in [-0.4, -0.2) is 98.7 Å². The Bertz CT molecular complexity index is 6980. The van der Waals surface area contributed by atoms with Crippen molar-refractivity contribution < 1.29 is 0 Å². The topological polar surface area (TPSA) is 29.2 Å².